The molecular formula is C27H33N5O7S2. The summed E-state index contributed by atoms with van der Waals surface area (Å²) in [6.45, 7) is 3.42. The molecule has 1 aliphatic heterocycles. The molecule has 3 atom stereocenters. The molecule has 4 fully saturated rings. The van der Waals surface area contributed by atoms with Gasteiger partial charge >= 0.3 is 0 Å². The van der Waals surface area contributed by atoms with Gasteiger partial charge in [-0.25, -0.2) is 8.42 Å². The van der Waals surface area contributed by atoms with E-state index in [4.69, 9.17) is 0 Å². The van der Waals surface area contributed by atoms with Crippen molar-refractivity contribution in [2.24, 2.45) is 11.8 Å². The van der Waals surface area contributed by atoms with Crippen molar-refractivity contribution in [3.8, 4) is 0 Å². The van der Waals surface area contributed by atoms with Crippen LogP contribution in [0.15, 0.2) is 41.3 Å². The fraction of sp³-hybridized carbons (Fsp3) is 0.519. The Morgan fingerprint density at radius 3 is 2.51 bits per heavy atom. The number of thiophene rings is 1. The van der Waals surface area contributed by atoms with Crippen LogP contribution in [-0.4, -0.2) is 72.8 Å². The Morgan fingerprint density at radius 2 is 1.90 bits per heavy atom. The van der Waals surface area contributed by atoms with E-state index in [1.165, 1.54) is 28.5 Å². The number of rotatable bonds is 12. The second-order valence-corrected chi connectivity index (χ2v) is 13.9. The van der Waals surface area contributed by atoms with Gasteiger partial charge in [-0.2, -0.15) is 11.3 Å². The highest BCUT2D eigenvalue weighted by molar-refractivity contribution is 7.91. The Morgan fingerprint density at radius 1 is 1.15 bits per heavy atom. The molecule has 0 spiro atoms. The summed E-state index contributed by atoms with van der Waals surface area (Å²) in [5.41, 5.74) is -0.422. The van der Waals surface area contributed by atoms with Crippen molar-refractivity contribution >= 4 is 50.9 Å². The van der Waals surface area contributed by atoms with Gasteiger partial charge in [0.1, 0.15) is 11.6 Å². The zero-order valence-electron chi connectivity index (χ0n) is 22.4. The van der Waals surface area contributed by atoms with E-state index in [9.17, 15) is 32.4 Å². The highest BCUT2D eigenvalue weighted by Gasteiger charge is 2.61. The minimum atomic E-state index is -3.84. The second-order valence-electron chi connectivity index (χ2n) is 11.1. The molecule has 4 aliphatic rings. The SMILES string of the molecule is C=CC1CC1(NC(=O)[C@@H]1C/C(=C/NC(=O)c2ccsc2)CN1C(=O)CNC(=O)CC1CC1)C(=O)NS(=O)(=O)C1CC1. The fourth-order valence-corrected chi connectivity index (χ4v) is 6.95. The summed E-state index contributed by atoms with van der Waals surface area (Å²) in [5.74, 6) is -2.67. The highest BCUT2D eigenvalue weighted by atomic mass is 32.2. The molecule has 5 amide bonds. The first-order valence-corrected chi connectivity index (χ1v) is 16.1. The lowest BCUT2D eigenvalue weighted by Gasteiger charge is -2.26. The van der Waals surface area contributed by atoms with Crippen LogP contribution in [0, 0.1) is 11.8 Å². The zero-order valence-corrected chi connectivity index (χ0v) is 24.0. The van der Waals surface area contributed by atoms with Crippen molar-refractivity contribution < 1.29 is 32.4 Å². The van der Waals surface area contributed by atoms with Gasteiger partial charge in [0, 0.05) is 36.9 Å². The Kier molecular flexibility index (Phi) is 8.06. The van der Waals surface area contributed by atoms with Crippen molar-refractivity contribution in [3.63, 3.8) is 0 Å². The number of hydrogen-bond donors (Lipinski definition) is 4. The first-order chi connectivity index (χ1) is 19.5. The number of sulfonamides is 1. The lowest BCUT2D eigenvalue weighted by Crippen LogP contribution is -2.57. The summed E-state index contributed by atoms with van der Waals surface area (Å²) in [5, 5.41) is 10.9. The number of likely N-dealkylation sites (tertiary alicyclic amines) is 1. The lowest BCUT2D eigenvalue weighted by atomic mass is 10.1. The summed E-state index contributed by atoms with van der Waals surface area (Å²) in [6, 6.07) is 0.631. The van der Waals surface area contributed by atoms with Crippen LogP contribution in [-0.2, 0) is 29.2 Å². The van der Waals surface area contributed by atoms with Crippen LogP contribution in [0.2, 0.25) is 0 Å². The molecule has 12 nitrogen and oxygen atoms in total. The maximum atomic E-state index is 13.6. The van der Waals surface area contributed by atoms with E-state index in [1.807, 2.05) is 0 Å². The summed E-state index contributed by atoms with van der Waals surface area (Å²) < 4.78 is 26.9. The molecule has 2 heterocycles. The van der Waals surface area contributed by atoms with E-state index in [0.29, 0.717) is 36.3 Å². The predicted molar refractivity (Wildman–Crippen MR) is 150 cm³/mol. The number of nitrogens with one attached hydrogen (secondary N) is 4. The summed E-state index contributed by atoms with van der Waals surface area (Å²) in [4.78, 5) is 65.7. The van der Waals surface area contributed by atoms with Crippen LogP contribution in [0.4, 0.5) is 0 Å². The van der Waals surface area contributed by atoms with Gasteiger partial charge in [0.15, 0.2) is 0 Å². The normalized spacial score (nSPS) is 26.2. The molecule has 1 saturated heterocycles. The van der Waals surface area contributed by atoms with E-state index in [0.717, 1.165) is 12.8 Å². The van der Waals surface area contributed by atoms with E-state index >= 15 is 0 Å². The topological polar surface area (TPSA) is 171 Å². The van der Waals surface area contributed by atoms with Crippen LogP contribution < -0.4 is 20.7 Å². The zero-order chi connectivity index (χ0) is 29.4. The van der Waals surface area contributed by atoms with Gasteiger partial charge < -0.3 is 20.9 Å². The molecule has 14 heteroatoms. The number of nitrogens with zero attached hydrogens (tertiary/aromatic N) is 1. The molecule has 3 aliphatic carbocycles. The van der Waals surface area contributed by atoms with Crippen molar-refractivity contribution in [1.29, 1.82) is 0 Å². The molecule has 0 aromatic carbocycles. The smallest absolute Gasteiger partial charge is 0.259 e. The Hall–Kier alpha value is -3.52. The van der Waals surface area contributed by atoms with Gasteiger partial charge in [-0.1, -0.05) is 6.08 Å². The number of carbonyl (C=O) groups is 5. The minimum absolute atomic E-state index is 0.0273. The Bertz CT molecular complexity index is 1400. The monoisotopic (exact) mass is 603 g/mol. The molecule has 2 unspecified atom stereocenters. The first kappa shape index (κ1) is 29.0. The third kappa shape index (κ3) is 6.70. The van der Waals surface area contributed by atoms with Crippen molar-refractivity contribution in [2.45, 2.75) is 61.8 Å². The number of amides is 5. The molecule has 3 saturated carbocycles. The lowest BCUT2D eigenvalue weighted by molar-refractivity contribution is -0.140. The summed E-state index contributed by atoms with van der Waals surface area (Å²) >= 11 is 1.37. The molecule has 0 radical (unpaired) electrons. The minimum Gasteiger partial charge on any atom is -0.347 e. The van der Waals surface area contributed by atoms with E-state index < -0.39 is 50.5 Å². The first-order valence-electron chi connectivity index (χ1n) is 13.6. The fourth-order valence-electron chi connectivity index (χ4n) is 4.95. The van der Waals surface area contributed by atoms with E-state index in [2.05, 4.69) is 27.3 Å². The van der Waals surface area contributed by atoms with Crippen LogP contribution in [0.5, 0.6) is 0 Å². The summed E-state index contributed by atoms with van der Waals surface area (Å²) in [7, 11) is -3.84. The maximum absolute atomic E-state index is 13.6. The van der Waals surface area contributed by atoms with Gasteiger partial charge in [0.25, 0.3) is 11.8 Å². The average Bonchev–Trinajstić information content (AvgIpc) is 3.89. The number of carbonyl (C=O) groups excluding carboxylic acids is 5. The van der Waals surface area contributed by atoms with E-state index in [1.54, 1.807) is 16.8 Å². The molecule has 41 heavy (non-hydrogen) atoms. The van der Waals surface area contributed by atoms with Crippen molar-refractivity contribution in [3.05, 3.63) is 46.8 Å². The van der Waals surface area contributed by atoms with E-state index in [-0.39, 0.29) is 37.7 Å². The molecule has 0 bridgehead atoms. The standard InChI is InChI=1S/C27H33N5O7S2/c1-2-19-11-27(19,26(37)31-41(38,39)20-5-6-20)30-25(36)21-9-17(12-29-24(35)18-7-8-40-15-18)14-32(21)23(34)13-28-22(33)10-16-3-4-16/h2,7-8,12,15-16,19-21H,1,3-6,9-11,13-14H2,(H,28,33)(H,29,35)(H,30,36)(H,31,37)/b17-12-/t19?,21-,27?/m0/s1. The van der Waals surface area contributed by atoms with Crippen molar-refractivity contribution in [1.82, 2.24) is 25.6 Å². The van der Waals surface area contributed by atoms with Gasteiger partial charge in [0.05, 0.1) is 17.4 Å². The third-order valence-corrected chi connectivity index (χ3v) is 10.4. The van der Waals surface area contributed by atoms with Crippen molar-refractivity contribution in [2.75, 3.05) is 13.1 Å². The molecule has 1 aromatic heterocycles. The molecule has 4 N–H and O–H groups in total. The van der Waals surface area contributed by atoms with Gasteiger partial charge in [0.2, 0.25) is 27.7 Å². The predicted octanol–water partition coefficient (Wildman–Crippen LogP) is 0.548. The third-order valence-electron chi connectivity index (χ3n) is 7.88. The average molecular weight is 604 g/mol. The Labute approximate surface area is 242 Å². The molecule has 220 valence electrons. The van der Waals surface area contributed by atoms with Crippen LogP contribution in [0.3, 0.4) is 0 Å². The van der Waals surface area contributed by atoms with Gasteiger partial charge in [-0.05, 0) is 55.0 Å². The Balaban J connectivity index is 1.29. The van der Waals surface area contributed by atoms with Crippen LogP contribution in [0.25, 0.3) is 0 Å². The largest absolute Gasteiger partial charge is 0.347 e. The highest BCUT2D eigenvalue weighted by Crippen LogP contribution is 2.45. The van der Waals surface area contributed by atoms with Crippen LogP contribution in [0.1, 0.15) is 55.3 Å². The molecular weight excluding hydrogens is 570 g/mol. The number of hydrogen-bond acceptors (Lipinski definition) is 8. The summed E-state index contributed by atoms with van der Waals surface area (Å²) in [6.07, 6.45) is 6.48. The van der Waals surface area contributed by atoms with Gasteiger partial charge in [-0.3, -0.25) is 28.7 Å². The van der Waals surface area contributed by atoms with Crippen LogP contribution >= 0.6 is 11.3 Å². The maximum Gasteiger partial charge on any atom is 0.259 e. The molecule has 1 aromatic rings. The quantitative estimate of drug-likeness (QED) is 0.253. The van der Waals surface area contributed by atoms with Gasteiger partial charge in [-0.15, -0.1) is 6.58 Å². The molecule has 5 rings (SSSR count). The second kappa shape index (κ2) is 11.4.